The molecule has 0 bridgehead atoms. The first-order chi connectivity index (χ1) is 9.88. The van der Waals surface area contributed by atoms with E-state index >= 15 is 0 Å². The summed E-state index contributed by atoms with van der Waals surface area (Å²) < 4.78 is 23.5. The van der Waals surface area contributed by atoms with Crippen molar-refractivity contribution in [2.75, 3.05) is 4.72 Å². The minimum Gasteiger partial charge on any atom is -0.755 e. The van der Waals surface area contributed by atoms with Crippen molar-refractivity contribution in [1.82, 2.24) is 10.2 Å². The molecule has 1 amide bonds. The molecule has 1 atom stereocenters. The highest BCUT2D eigenvalue weighted by Crippen LogP contribution is 2.27. The zero-order valence-electron chi connectivity index (χ0n) is 10.3. The number of aromatic nitrogens is 2. The molecule has 1 aromatic heterocycles. The largest absolute Gasteiger partial charge is 0.755 e. The van der Waals surface area contributed by atoms with Crippen molar-refractivity contribution >= 4 is 34.5 Å². The summed E-state index contributed by atoms with van der Waals surface area (Å²) in [7, 11) is 0. The van der Waals surface area contributed by atoms with Gasteiger partial charge < -0.3 is 15.0 Å². The zero-order chi connectivity index (χ0) is 15.6. The number of rotatable bonds is 4. The number of amides is 1. The molecule has 0 aliphatic carbocycles. The Morgan fingerprint density at radius 2 is 2.14 bits per heavy atom. The quantitative estimate of drug-likeness (QED) is 0.697. The number of carbonyl (C=O) groups excluding carboxylic acids is 1. The number of H-pyrrole nitrogens is 1. The van der Waals surface area contributed by atoms with Gasteiger partial charge in [0.1, 0.15) is 5.56 Å². The number of nitrogens with two attached hydrogens (primary N) is 1. The van der Waals surface area contributed by atoms with Gasteiger partial charge in [0, 0.05) is 16.8 Å². The van der Waals surface area contributed by atoms with E-state index in [4.69, 9.17) is 17.3 Å². The molecule has 1 unspecified atom stereocenters. The fourth-order valence-corrected chi connectivity index (χ4v) is 2.16. The molecular weight excluding hydrogens is 320 g/mol. The molecule has 0 radical (unpaired) electrons. The van der Waals surface area contributed by atoms with Gasteiger partial charge in [-0.25, -0.2) is 5.10 Å². The van der Waals surface area contributed by atoms with E-state index < -0.39 is 22.7 Å². The van der Waals surface area contributed by atoms with E-state index in [1.54, 1.807) is 6.07 Å². The minimum atomic E-state index is -2.54. The van der Waals surface area contributed by atoms with Gasteiger partial charge in [0.2, 0.25) is 0 Å². The lowest BCUT2D eigenvalue weighted by atomic mass is 10.1. The van der Waals surface area contributed by atoms with Crippen molar-refractivity contribution in [2.24, 2.45) is 5.73 Å². The molecule has 8 nitrogen and oxygen atoms in total. The SMILES string of the molecule is NC(=O)c1cc(-c2ccc(Cl)c(NS(=O)[O-])c2)n[nH]c1=O. The van der Waals surface area contributed by atoms with Gasteiger partial charge >= 0.3 is 0 Å². The molecular formula is C11H8ClN4O4S-. The Labute approximate surface area is 125 Å². The summed E-state index contributed by atoms with van der Waals surface area (Å²) in [5.74, 6) is -0.895. The number of nitrogens with zero attached hydrogens (tertiary/aromatic N) is 1. The summed E-state index contributed by atoms with van der Waals surface area (Å²) in [4.78, 5) is 22.5. The Kier molecular flexibility index (Phi) is 4.36. The van der Waals surface area contributed by atoms with Crippen LogP contribution in [0, 0.1) is 0 Å². The highest BCUT2D eigenvalue weighted by Gasteiger charge is 2.11. The lowest BCUT2D eigenvalue weighted by molar-refractivity contribution is 0.0998. The molecule has 0 fully saturated rings. The molecule has 1 heterocycles. The number of hydrogen-bond acceptors (Lipinski definition) is 5. The van der Waals surface area contributed by atoms with E-state index in [9.17, 15) is 18.4 Å². The fraction of sp³-hybridized carbons (Fsp3) is 0. The number of halogens is 1. The van der Waals surface area contributed by atoms with Crippen molar-refractivity contribution in [1.29, 1.82) is 0 Å². The fourth-order valence-electron chi connectivity index (χ4n) is 1.59. The molecule has 0 aliphatic heterocycles. The van der Waals surface area contributed by atoms with Gasteiger partial charge in [-0.15, -0.1) is 0 Å². The highest BCUT2D eigenvalue weighted by molar-refractivity contribution is 7.80. The van der Waals surface area contributed by atoms with E-state index in [1.807, 2.05) is 0 Å². The molecule has 0 saturated heterocycles. The van der Waals surface area contributed by atoms with Crippen LogP contribution in [-0.4, -0.2) is 24.9 Å². The second-order valence-electron chi connectivity index (χ2n) is 3.89. The van der Waals surface area contributed by atoms with Crippen LogP contribution in [-0.2, 0) is 11.3 Å². The first kappa shape index (κ1) is 15.2. The van der Waals surface area contributed by atoms with Crippen LogP contribution < -0.4 is 16.0 Å². The number of carbonyl (C=O) groups is 1. The van der Waals surface area contributed by atoms with Crippen molar-refractivity contribution in [2.45, 2.75) is 0 Å². The van der Waals surface area contributed by atoms with Crippen molar-refractivity contribution in [3.8, 4) is 11.3 Å². The normalized spacial score (nSPS) is 11.9. The Hall–Kier alpha value is -2.23. The van der Waals surface area contributed by atoms with Crippen molar-refractivity contribution in [3.05, 3.63) is 45.2 Å². The Bertz CT molecular complexity index is 792. The summed E-state index contributed by atoms with van der Waals surface area (Å²) in [5, 5.41) is 6.10. The number of primary amides is 1. The molecule has 2 rings (SSSR count). The van der Waals surface area contributed by atoms with Crippen LogP contribution >= 0.6 is 11.6 Å². The van der Waals surface area contributed by atoms with Crippen molar-refractivity contribution < 1.29 is 13.6 Å². The summed E-state index contributed by atoms with van der Waals surface area (Å²) in [5.41, 5.74) is 4.93. The number of anilines is 1. The average Bonchev–Trinajstić information content (AvgIpc) is 2.41. The van der Waals surface area contributed by atoms with Gasteiger partial charge in [0.15, 0.2) is 0 Å². The summed E-state index contributed by atoms with van der Waals surface area (Å²) in [6.45, 7) is 0. The Balaban J connectivity index is 2.52. The summed E-state index contributed by atoms with van der Waals surface area (Å²) in [6.07, 6.45) is 0. The van der Waals surface area contributed by atoms with Crippen LogP contribution in [0.1, 0.15) is 10.4 Å². The average molecular weight is 328 g/mol. The van der Waals surface area contributed by atoms with Crippen LogP contribution in [0.25, 0.3) is 11.3 Å². The minimum absolute atomic E-state index is 0.135. The predicted octanol–water partition coefficient (Wildman–Crippen LogP) is 0.395. The van der Waals surface area contributed by atoms with Crippen molar-refractivity contribution in [3.63, 3.8) is 0 Å². The molecule has 2 aromatic rings. The molecule has 21 heavy (non-hydrogen) atoms. The van der Waals surface area contributed by atoms with Crippen LogP contribution in [0.15, 0.2) is 29.1 Å². The third kappa shape index (κ3) is 3.45. The lowest BCUT2D eigenvalue weighted by Gasteiger charge is -2.11. The number of benzene rings is 1. The topological polar surface area (TPSA) is 141 Å². The van der Waals surface area contributed by atoms with Crippen LogP contribution in [0.3, 0.4) is 0 Å². The predicted molar refractivity (Wildman–Crippen MR) is 76.4 cm³/mol. The third-order valence-corrected chi connectivity index (χ3v) is 3.24. The highest BCUT2D eigenvalue weighted by atomic mass is 35.5. The van der Waals surface area contributed by atoms with Gasteiger partial charge in [-0.3, -0.25) is 13.8 Å². The van der Waals surface area contributed by atoms with Gasteiger partial charge in [-0.2, -0.15) is 5.10 Å². The van der Waals surface area contributed by atoms with Crippen LogP contribution in [0.5, 0.6) is 0 Å². The second-order valence-corrected chi connectivity index (χ2v) is 4.97. The first-order valence-electron chi connectivity index (χ1n) is 5.44. The Morgan fingerprint density at radius 1 is 1.43 bits per heavy atom. The maximum atomic E-state index is 11.4. The summed E-state index contributed by atoms with van der Waals surface area (Å²) >= 11 is 3.30. The number of aromatic amines is 1. The van der Waals surface area contributed by atoms with Crippen LogP contribution in [0.2, 0.25) is 5.02 Å². The number of hydrogen-bond donors (Lipinski definition) is 3. The monoisotopic (exact) mass is 327 g/mol. The molecule has 4 N–H and O–H groups in total. The van der Waals surface area contributed by atoms with Crippen LogP contribution in [0.4, 0.5) is 5.69 Å². The lowest BCUT2D eigenvalue weighted by Crippen LogP contribution is -2.24. The van der Waals surface area contributed by atoms with Gasteiger partial charge in [-0.1, -0.05) is 17.7 Å². The molecule has 1 aromatic carbocycles. The maximum absolute atomic E-state index is 11.4. The third-order valence-electron chi connectivity index (χ3n) is 2.52. The maximum Gasteiger partial charge on any atom is 0.277 e. The molecule has 10 heteroatoms. The van der Waals surface area contributed by atoms with E-state index in [-0.39, 0.29) is 22.0 Å². The molecule has 110 valence electrons. The van der Waals surface area contributed by atoms with E-state index in [1.165, 1.54) is 18.2 Å². The van der Waals surface area contributed by atoms with E-state index in [2.05, 4.69) is 14.9 Å². The Morgan fingerprint density at radius 3 is 2.76 bits per heavy atom. The molecule has 0 spiro atoms. The second kappa shape index (κ2) is 6.04. The molecule has 0 saturated carbocycles. The summed E-state index contributed by atoms with van der Waals surface area (Å²) in [6, 6.07) is 5.61. The number of nitrogens with one attached hydrogen (secondary N) is 2. The first-order valence-corrected chi connectivity index (χ1v) is 6.89. The van der Waals surface area contributed by atoms with Gasteiger partial charge in [0.25, 0.3) is 11.5 Å². The molecule has 0 aliphatic rings. The van der Waals surface area contributed by atoms with Gasteiger partial charge in [0.05, 0.1) is 16.4 Å². The van der Waals surface area contributed by atoms with E-state index in [0.29, 0.717) is 5.56 Å². The standard InChI is InChI=1S/C11H9ClN4O4S/c12-7-2-1-5(3-9(7)16-21(19)20)8-4-6(10(13)17)11(18)15-14-8/h1-4,16H,(H2,13,17)(H,15,18)(H,19,20)/p-1. The zero-order valence-corrected chi connectivity index (χ0v) is 11.8. The smallest absolute Gasteiger partial charge is 0.277 e. The van der Waals surface area contributed by atoms with E-state index in [0.717, 1.165) is 0 Å². The van der Waals surface area contributed by atoms with Gasteiger partial charge in [-0.05, 0) is 18.2 Å².